The zero-order valence-corrected chi connectivity index (χ0v) is 18.5. The van der Waals surface area contributed by atoms with E-state index in [1.807, 2.05) is 6.92 Å². The monoisotopic (exact) mass is 469 g/mol. The zero-order chi connectivity index (χ0) is 24.1. The van der Waals surface area contributed by atoms with Gasteiger partial charge in [0.25, 0.3) is 5.69 Å². The molecule has 1 aliphatic heterocycles. The van der Waals surface area contributed by atoms with Crippen LogP contribution < -0.4 is 15.6 Å². The normalized spacial score (nSPS) is 16.5. The van der Waals surface area contributed by atoms with Crippen LogP contribution in [-0.4, -0.2) is 40.2 Å². The van der Waals surface area contributed by atoms with Gasteiger partial charge in [0.15, 0.2) is 11.4 Å². The first-order chi connectivity index (χ1) is 16.3. The lowest BCUT2D eigenvalue weighted by Gasteiger charge is -2.34. The largest absolute Gasteiger partial charge is 0.436 e. The Bertz CT molecular complexity index is 1510. The maximum atomic E-state index is 15.7. The maximum Gasteiger partial charge on any atom is 0.273 e. The van der Waals surface area contributed by atoms with Crippen molar-refractivity contribution in [2.45, 2.75) is 26.4 Å². The number of nitro groups is 1. The number of non-ortho nitro benzene ring substituents is 1. The molecular weight excluding hydrogens is 448 g/mol. The van der Waals surface area contributed by atoms with Crippen molar-refractivity contribution in [1.29, 1.82) is 0 Å². The van der Waals surface area contributed by atoms with E-state index in [-0.39, 0.29) is 45.4 Å². The molecule has 0 radical (unpaired) electrons. The lowest BCUT2D eigenvalue weighted by Crippen LogP contribution is -2.49. The number of hydrogen-bond acceptors (Lipinski definition) is 7. The first-order valence-corrected chi connectivity index (χ1v) is 10.9. The van der Waals surface area contributed by atoms with Gasteiger partial charge in [-0.2, -0.15) is 0 Å². The Morgan fingerprint density at radius 1 is 1.32 bits per heavy atom. The summed E-state index contributed by atoms with van der Waals surface area (Å²) in [6.45, 7) is 5.48. The van der Waals surface area contributed by atoms with Gasteiger partial charge in [0.2, 0.25) is 11.3 Å². The van der Waals surface area contributed by atoms with E-state index in [9.17, 15) is 14.9 Å². The quantitative estimate of drug-likeness (QED) is 0.358. The molecule has 0 spiro atoms. The highest BCUT2D eigenvalue weighted by Crippen LogP contribution is 2.32. The molecule has 1 aliphatic rings. The average molecular weight is 469 g/mol. The molecule has 1 atom stereocenters. The van der Waals surface area contributed by atoms with Crippen molar-refractivity contribution in [3.8, 4) is 11.5 Å². The topological polar surface area (TPSA) is 106 Å². The summed E-state index contributed by atoms with van der Waals surface area (Å²) in [5, 5.41) is 14.2. The summed E-state index contributed by atoms with van der Waals surface area (Å²) in [6, 6.07) is 5.04. The first-order valence-electron chi connectivity index (χ1n) is 10.9. The molecule has 1 unspecified atom stereocenters. The molecule has 176 valence electrons. The number of rotatable bonds is 4. The van der Waals surface area contributed by atoms with Crippen LogP contribution in [0.4, 0.5) is 20.2 Å². The average Bonchev–Trinajstić information content (AvgIpc) is 3.23. The second-order valence-electron chi connectivity index (χ2n) is 8.30. The fraction of sp³-hybridized carbons (Fsp3) is 0.304. The summed E-state index contributed by atoms with van der Waals surface area (Å²) in [7, 11) is 0. The molecule has 2 aromatic heterocycles. The summed E-state index contributed by atoms with van der Waals surface area (Å²) in [5.41, 5.74) is -0.501. The number of anilines is 1. The zero-order valence-electron chi connectivity index (χ0n) is 18.5. The van der Waals surface area contributed by atoms with Crippen LogP contribution in [0.1, 0.15) is 13.8 Å². The van der Waals surface area contributed by atoms with Crippen molar-refractivity contribution < 1.29 is 18.1 Å². The van der Waals surface area contributed by atoms with Crippen molar-refractivity contribution in [2.24, 2.45) is 0 Å². The van der Waals surface area contributed by atoms with Crippen LogP contribution in [0, 0.1) is 21.7 Å². The molecule has 34 heavy (non-hydrogen) atoms. The molecule has 0 aliphatic carbocycles. The number of pyridine rings is 1. The lowest BCUT2D eigenvalue weighted by atomic mass is 10.1. The number of fused-ring (bicyclic) bond motifs is 2. The molecule has 1 fully saturated rings. The second kappa shape index (κ2) is 8.17. The standard InChI is InChI=1S/C23H21F2N5O4/c1-3-28-11-15(23-27-17-5-4-13(30(32)33)8-18(17)34-23)22(31)14-9-16(24)21(19(25)20(14)28)29-7-6-26-12(2)10-29/h4-5,8-9,11-12,26H,3,6-7,10H2,1-2H3. The van der Waals surface area contributed by atoms with Gasteiger partial charge < -0.3 is 19.2 Å². The molecule has 4 aromatic rings. The van der Waals surface area contributed by atoms with Crippen LogP contribution in [0.3, 0.4) is 0 Å². The van der Waals surface area contributed by atoms with E-state index in [1.54, 1.807) is 11.8 Å². The van der Waals surface area contributed by atoms with Crippen molar-refractivity contribution in [2.75, 3.05) is 24.5 Å². The van der Waals surface area contributed by atoms with Gasteiger partial charge in [-0.15, -0.1) is 0 Å². The molecule has 3 heterocycles. The van der Waals surface area contributed by atoms with Crippen molar-refractivity contribution in [1.82, 2.24) is 14.9 Å². The third-order valence-corrected chi connectivity index (χ3v) is 6.07. The minimum Gasteiger partial charge on any atom is -0.436 e. The fourth-order valence-electron chi connectivity index (χ4n) is 4.45. The van der Waals surface area contributed by atoms with E-state index in [4.69, 9.17) is 4.42 Å². The van der Waals surface area contributed by atoms with Gasteiger partial charge >= 0.3 is 0 Å². The van der Waals surface area contributed by atoms with Crippen LogP contribution in [-0.2, 0) is 6.54 Å². The highest BCUT2D eigenvalue weighted by atomic mass is 19.1. The number of aryl methyl sites for hydroxylation is 1. The van der Waals surface area contributed by atoms with E-state index in [0.29, 0.717) is 31.7 Å². The van der Waals surface area contributed by atoms with E-state index in [0.717, 1.165) is 6.07 Å². The van der Waals surface area contributed by atoms with Crippen LogP contribution >= 0.6 is 0 Å². The summed E-state index contributed by atoms with van der Waals surface area (Å²) < 4.78 is 38.1. The van der Waals surface area contributed by atoms with Gasteiger partial charge in [-0.05, 0) is 26.0 Å². The predicted molar refractivity (Wildman–Crippen MR) is 123 cm³/mol. The van der Waals surface area contributed by atoms with Gasteiger partial charge in [-0.3, -0.25) is 14.9 Å². The molecule has 0 amide bonds. The fourth-order valence-corrected chi connectivity index (χ4v) is 4.45. The first kappa shape index (κ1) is 22.0. The van der Waals surface area contributed by atoms with Crippen molar-refractivity contribution >= 4 is 33.4 Å². The van der Waals surface area contributed by atoms with Crippen LogP contribution in [0.15, 0.2) is 39.7 Å². The Kier molecular flexibility index (Phi) is 5.28. The molecule has 0 saturated carbocycles. The highest BCUT2D eigenvalue weighted by molar-refractivity contribution is 5.88. The number of halogens is 2. The van der Waals surface area contributed by atoms with Gasteiger partial charge in [-0.25, -0.2) is 13.8 Å². The minimum absolute atomic E-state index is 0.00517. The highest BCUT2D eigenvalue weighted by Gasteiger charge is 2.27. The number of benzene rings is 2. The number of piperazine rings is 1. The van der Waals surface area contributed by atoms with Crippen LogP contribution in [0.2, 0.25) is 0 Å². The Morgan fingerprint density at radius 3 is 2.82 bits per heavy atom. The van der Waals surface area contributed by atoms with Gasteiger partial charge in [-0.1, -0.05) is 0 Å². The molecule has 9 nitrogen and oxygen atoms in total. The van der Waals surface area contributed by atoms with Crippen LogP contribution in [0.5, 0.6) is 0 Å². The smallest absolute Gasteiger partial charge is 0.273 e. The van der Waals surface area contributed by atoms with Crippen LogP contribution in [0.25, 0.3) is 33.5 Å². The van der Waals surface area contributed by atoms with E-state index in [2.05, 4.69) is 10.3 Å². The molecule has 5 rings (SSSR count). The van der Waals surface area contributed by atoms with Crippen molar-refractivity contribution in [3.05, 3.63) is 62.4 Å². The van der Waals surface area contributed by atoms with Gasteiger partial charge in [0.1, 0.15) is 22.6 Å². The Balaban J connectivity index is 1.71. The third-order valence-electron chi connectivity index (χ3n) is 6.07. The Morgan fingerprint density at radius 2 is 2.12 bits per heavy atom. The second-order valence-corrected chi connectivity index (χ2v) is 8.30. The number of nitro benzene ring substituents is 1. The maximum absolute atomic E-state index is 15.7. The van der Waals surface area contributed by atoms with E-state index < -0.39 is 22.0 Å². The van der Waals surface area contributed by atoms with Gasteiger partial charge in [0.05, 0.1) is 21.9 Å². The number of oxazole rings is 1. The molecular formula is C23H21F2N5O4. The SMILES string of the molecule is CCn1cc(-c2nc3ccc([N+](=O)[O-])cc3o2)c(=O)c2cc(F)c(N3CCNC(C)C3)c(F)c21. The number of aromatic nitrogens is 2. The number of nitrogens with zero attached hydrogens (tertiary/aromatic N) is 4. The van der Waals surface area contributed by atoms with Crippen molar-refractivity contribution in [3.63, 3.8) is 0 Å². The minimum atomic E-state index is -0.816. The summed E-state index contributed by atoms with van der Waals surface area (Å²) in [6.07, 6.45) is 1.43. The number of hydrogen-bond donors (Lipinski definition) is 1. The van der Waals surface area contributed by atoms with E-state index in [1.165, 1.54) is 29.0 Å². The lowest BCUT2D eigenvalue weighted by molar-refractivity contribution is -0.384. The van der Waals surface area contributed by atoms with E-state index >= 15 is 8.78 Å². The number of nitrogens with one attached hydrogen (secondary N) is 1. The Hall–Kier alpha value is -3.86. The summed E-state index contributed by atoms with van der Waals surface area (Å²) in [4.78, 5) is 29.7. The molecule has 1 N–H and O–H groups in total. The summed E-state index contributed by atoms with van der Waals surface area (Å²) >= 11 is 0. The third kappa shape index (κ3) is 3.48. The molecule has 11 heteroatoms. The summed E-state index contributed by atoms with van der Waals surface area (Å²) in [5.74, 6) is -1.68. The molecule has 1 saturated heterocycles. The van der Waals surface area contributed by atoms with Gasteiger partial charge in [0, 0.05) is 44.5 Å². The molecule has 2 aromatic carbocycles. The predicted octanol–water partition coefficient (Wildman–Crippen LogP) is 3.81. The Labute approximate surface area is 191 Å². The molecule has 0 bridgehead atoms.